The SMILES string of the molecule is CCCCCCC/C=C\C/C=C\C/C=C\CCCCCCCCCCCCCCCCCCCCCCCCC(=O)OC(COC(=O)CCCCCCCCCCCCCCCCCCCCCCCCC)COC(OCC[N+](C)(C)C)C(=O)[O-]. The first-order valence-corrected chi connectivity index (χ1v) is 37.1. The molecule has 0 bridgehead atoms. The minimum absolute atomic E-state index is 0.151. The third-order valence-electron chi connectivity index (χ3n) is 16.9. The molecule has 0 rings (SSSR count). The molecule has 2 atom stereocenters. The molecule has 0 saturated heterocycles. The van der Waals surface area contributed by atoms with E-state index in [9.17, 15) is 19.5 Å². The lowest BCUT2D eigenvalue weighted by Gasteiger charge is -2.26. The Hall–Kier alpha value is -2.49. The predicted molar refractivity (Wildman–Crippen MR) is 362 cm³/mol. The molecule has 0 amide bonds. The zero-order valence-corrected chi connectivity index (χ0v) is 57.3. The molecule has 0 aromatic heterocycles. The molecular formula is C76H143NO8. The Kier molecular flexibility index (Phi) is 65.5. The number of carboxylic acid groups (broad SMARTS) is 1. The second kappa shape index (κ2) is 67.4. The largest absolute Gasteiger partial charge is 0.545 e. The Morgan fingerprint density at radius 1 is 0.353 bits per heavy atom. The molecule has 0 radical (unpaired) electrons. The average molecular weight is 1200 g/mol. The van der Waals surface area contributed by atoms with E-state index in [4.69, 9.17) is 18.9 Å². The summed E-state index contributed by atoms with van der Waals surface area (Å²) in [5.74, 6) is -2.25. The standard InChI is InChI=1S/C76H143NO8/c1-6-8-10-12-14-16-18-20-22-24-26-28-30-31-32-33-34-35-36-37-38-39-40-41-42-43-45-47-49-51-53-55-57-59-61-63-65-67-74(79)85-72(71-84-76(75(80)81)82-69-68-77(3,4)5)70-83-73(78)66-64-62-60-58-56-54-52-50-48-46-44-29-27-25-23-21-19-17-15-13-11-9-7-2/h18,20,24,26,30-31,72,76H,6-17,19,21-23,25,27-29,32-71H2,1-5H3/b20-18-,26-24-,31-30-. The normalized spacial score (nSPS) is 12.8. The summed E-state index contributed by atoms with van der Waals surface area (Å²) >= 11 is 0. The van der Waals surface area contributed by atoms with Gasteiger partial charge in [-0.15, -0.1) is 0 Å². The van der Waals surface area contributed by atoms with E-state index in [0.717, 1.165) is 51.4 Å². The van der Waals surface area contributed by atoms with E-state index in [1.807, 2.05) is 21.1 Å². The summed E-state index contributed by atoms with van der Waals surface area (Å²) in [6.07, 6.45) is 82.5. The van der Waals surface area contributed by atoms with E-state index in [-0.39, 0.29) is 32.2 Å². The van der Waals surface area contributed by atoms with Crippen molar-refractivity contribution < 1.29 is 42.9 Å². The summed E-state index contributed by atoms with van der Waals surface area (Å²) in [4.78, 5) is 37.5. The van der Waals surface area contributed by atoms with Crippen LogP contribution in [-0.2, 0) is 33.3 Å². The highest BCUT2D eigenvalue weighted by atomic mass is 16.7. The maximum atomic E-state index is 12.9. The van der Waals surface area contributed by atoms with Gasteiger partial charge >= 0.3 is 11.9 Å². The molecule has 85 heavy (non-hydrogen) atoms. The number of ether oxygens (including phenoxy) is 4. The van der Waals surface area contributed by atoms with Crippen LogP contribution >= 0.6 is 0 Å². The van der Waals surface area contributed by atoms with Crippen LogP contribution < -0.4 is 5.11 Å². The monoisotopic (exact) mass is 1200 g/mol. The van der Waals surface area contributed by atoms with Gasteiger partial charge < -0.3 is 33.3 Å². The minimum atomic E-state index is -1.62. The molecule has 0 aliphatic carbocycles. The zero-order chi connectivity index (χ0) is 61.9. The number of unbranched alkanes of at least 4 members (excludes halogenated alkanes) is 49. The van der Waals surface area contributed by atoms with Crippen LogP contribution in [0, 0.1) is 0 Å². The highest BCUT2D eigenvalue weighted by molar-refractivity contribution is 5.70. The van der Waals surface area contributed by atoms with Crippen LogP contribution in [0.25, 0.3) is 0 Å². The molecule has 500 valence electrons. The number of aliphatic carboxylic acids is 1. The number of hydrogen-bond donors (Lipinski definition) is 0. The molecule has 0 fully saturated rings. The van der Waals surface area contributed by atoms with Crippen molar-refractivity contribution >= 4 is 17.9 Å². The molecule has 0 aromatic carbocycles. The van der Waals surface area contributed by atoms with Gasteiger partial charge in [0.1, 0.15) is 13.2 Å². The van der Waals surface area contributed by atoms with Gasteiger partial charge in [-0.25, -0.2) is 0 Å². The third-order valence-corrected chi connectivity index (χ3v) is 16.9. The summed E-state index contributed by atoms with van der Waals surface area (Å²) in [6.45, 7) is 4.81. The van der Waals surface area contributed by atoms with Crippen LogP contribution in [0.3, 0.4) is 0 Å². The minimum Gasteiger partial charge on any atom is -0.545 e. The number of carboxylic acids is 1. The number of nitrogens with zero attached hydrogens (tertiary/aromatic N) is 1. The quantitative estimate of drug-likeness (QED) is 0.0195. The van der Waals surface area contributed by atoms with Gasteiger partial charge in [0.25, 0.3) is 0 Å². The highest BCUT2D eigenvalue weighted by Crippen LogP contribution is 2.19. The van der Waals surface area contributed by atoms with Crippen molar-refractivity contribution in [3.63, 3.8) is 0 Å². The van der Waals surface area contributed by atoms with E-state index in [2.05, 4.69) is 50.3 Å². The van der Waals surface area contributed by atoms with Crippen molar-refractivity contribution in [3.8, 4) is 0 Å². The third kappa shape index (κ3) is 68.9. The average Bonchev–Trinajstić information content (AvgIpc) is 3.48. The molecule has 0 N–H and O–H groups in total. The molecular weight excluding hydrogens is 1050 g/mol. The van der Waals surface area contributed by atoms with Crippen LogP contribution in [-0.4, -0.2) is 82.3 Å². The van der Waals surface area contributed by atoms with Crippen molar-refractivity contribution in [3.05, 3.63) is 36.5 Å². The van der Waals surface area contributed by atoms with Crippen LogP contribution in [0.5, 0.6) is 0 Å². The molecule has 0 aromatic rings. The maximum Gasteiger partial charge on any atom is 0.306 e. The first kappa shape index (κ1) is 82.5. The summed E-state index contributed by atoms with van der Waals surface area (Å²) in [6, 6.07) is 0. The van der Waals surface area contributed by atoms with Gasteiger partial charge in [-0.3, -0.25) is 9.59 Å². The van der Waals surface area contributed by atoms with Crippen LogP contribution in [0.15, 0.2) is 36.5 Å². The second-order valence-electron chi connectivity index (χ2n) is 26.6. The smallest absolute Gasteiger partial charge is 0.306 e. The topological polar surface area (TPSA) is 111 Å². The van der Waals surface area contributed by atoms with Gasteiger partial charge in [-0.05, 0) is 51.4 Å². The van der Waals surface area contributed by atoms with Crippen molar-refractivity contribution in [2.45, 2.75) is 386 Å². The summed E-state index contributed by atoms with van der Waals surface area (Å²) < 4.78 is 22.8. The number of quaternary nitrogens is 1. The Morgan fingerprint density at radius 2 is 0.635 bits per heavy atom. The maximum absolute atomic E-state index is 12.9. The highest BCUT2D eigenvalue weighted by Gasteiger charge is 2.22. The first-order valence-electron chi connectivity index (χ1n) is 37.1. The van der Waals surface area contributed by atoms with Crippen molar-refractivity contribution in [2.75, 3.05) is 47.5 Å². The number of carbonyl (C=O) groups is 3. The number of likely N-dealkylation sites (N-methyl/N-ethyl adjacent to an activating group) is 1. The molecule has 0 saturated carbocycles. The first-order chi connectivity index (χ1) is 41.6. The van der Waals surface area contributed by atoms with Gasteiger partial charge in [0, 0.05) is 12.8 Å². The van der Waals surface area contributed by atoms with Gasteiger partial charge in [0.05, 0.1) is 40.3 Å². The second-order valence-corrected chi connectivity index (χ2v) is 26.6. The molecule has 0 heterocycles. The van der Waals surface area contributed by atoms with Gasteiger partial charge in [0.15, 0.2) is 12.4 Å². The Balaban J connectivity index is 3.99. The number of hydrogen-bond acceptors (Lipinski definition) is 8. The summed E-state index contributed by atoms with van der Waals surface area (Å²) in [5, 5.41) is 11.8. The van der Waals surface area contributed by atoms with Crippen molar-refractivity contribution in [2.24, 2.45) is 0 Å². The van der Waals surface area contributed by atoms with Crippen molar-refractivity contribution in [1.29, 1.82) is 0 Å². The van der Waals surface area contributed by atoms with Crippen LogP contribution in [0.2, 0.25) is 0 Å². The fourth-order valence-electron chi connectivity index (χ4n) is 11.2. The lowest BCUT2D eigenvalue weighted by Crippen LogP contribution is -2.44. The summed E-state index contributed by atoms with van der Waals surface area (Å²) in [5.41, 5.74) is 0. The van der Waals surface area contributed by atoms with E-state index in [0.29, 0.717) is 17.4 Å². The number of carbonyl (C=O) groups excluding carboxylic acids is 3. The van der Waals surface area contributed by atoms with E-state index in [1.165, 1.54) is 295 Å². The molecule has 0 aliphatic rings. The molecule has 2 unspecified atom stereocenters. The lowest BCUT2D eigenvalue weighted by molar-refractivity contribution is -0.870. The van der Waals surface area contributed by atoms with Gasteiger partial charge in [-0.2, -0.15) is 0 Å². The van der Waals surface area contributed by atoms with Crippen molar-refractivity contribution in [1.82, 2.24) is 0 Å². The van der Waals surface area contributed by atoms with E-state index in [1.54, 1.807) is 0 Å². The summed E-state index contributed by atoms with van der Waals surface area (Å²) in [7, 11) is 5.95. The number of allylic oxidation sites excluding steroid dienone is 6. The molecule has 9 nitrogen and oxygen atoms in total. The van der Waals surface area contributed by atoms with E-state index >= 15 is 0 Å². The molecule has 9 heteroatoms. The van der Waals surface area contributed by atoms with E-state index < -0.39 is 24.3 Å². The van der Waals surface area contributed by atoms with Gasteiger partial charge in [0.2, 0.25) is 0 Å². The van der Waals surface area contributed by atoms with Crippen LogP contribution in [0.1, 0.15) is 373 Å². The Bertz CT molecular complexity index is 1490. The fraction of sp³-hybridized carbons (Fsp3) is 0.882. The lowest BCUT2D eigenvalue weighted by atomic mass is 10.0. The number of esters is 2. The zero-order valence-electron chi connectivity index (χ0n) is 57.3. The number of rotatable bonds is 70. The Labute approximate surface area is 528 Å². The predicted octanol–water partition coefficient (Wildman–Crippen LogP) is 21.8. The fourth-order valence-corrected chi connectivity index (χ4v) is 11.2. The van der Waals surface area contributed by atoms with Gasteiger partial charge in [-0.1, -0.05) is 346 Å². The Morgan fingerprint density at radius 3 is 0.941 bits per heavy atom. The molecule has 0 spiro atoms. The van der Waals surface area contributed by atoms with Crippen LogP contribution in [0.4, 0.5) is 0 Å². The molecule has 0 aliphatic heterocycles.